The Balaban J connectivity index is 2.26. The topological polar surface area (TPSA) is 37.4 Å². The predicted octanol–water partition coefficient (Wildman–Crippen LogP) is 4.27. The lowest BCUT2D eigenvalue weighted by Crippen LogP contribution is -2.33. The van der Waals surface area contributed by atoms with Gasteiger partial charge in [-0.25, -0.2) is 8.42 Å². The summed E-state index contributed by atoms with van der Waals surface area (Å²) in [6.07, 6.45) is 7.65. The Morgan fingerprint density at radius 1 is 1.05 bits per heavy atom. The summed E-state index contributed by atoms with van der Waals surface area (Å²) in [6, 6.07) is 7.13. The Kier molecular flexibility index (Phi) is 6.25. The second-order valence-electron chi connectivity index (χ2n) is 5.51. The average molecular weight is 419 g/mol. The van der Waals surface area contributed by atoms with Gasteiger partial charge in [0.15, 0.2) is 0 Å². The number of nitrogens with zero attached hydrogens (tertiary/aromatic N) is 1. The van der Waals surface area contributed by atoms with Gasteiger partial charge >= 0.3 is 0 Å². The molecule has 0 atom stereocenters. The number of rotatable bonds is 2. The maximum atomic E-state index is 12.8. The molecule has 0 radical (unpaired) electrons. The van der Waals surface area contributed by atoms with E-state index in [2.05, 4.69) is 28.7 Å². The highest BCUT2D eigenvalue weighted by Crippen LogP contribution is 2.22. The molecular formula is C16H22INO2S. The molecule has 0 aliphatic carbocycles. The van der Waals surface area contributed by atoms with E-state index >= 15 is 0 Å². The number of aryl methyl sites for hydroxylation is 1. The van der Waals surface area contributed by atoms with Gasteiger partial charge in [0, 0.05) is 16.7 Å². The lowest BCUT2D eigenvalue weighted by molar-refractivity contribution is 0.421. The van der Waals surface area contributed by atoms with E-state index in [-0.39, 0.29) is 0 Å². The molecule has 21 heavy (non-hydrogen) atoms. The standard InChI is InChI=1S/C16H22INO2S/c1-14-8-10-16(11-9-14)21(19,20)18-12-6-4-2-3-5-7-15(17)13-18/h7-11H,2-6,12-13H2,1H3/b15-7-. The van der Waals surface area contributed by atoms with Crippen LogP contribution in [0.4, 0.5) is 0 Å². The normalized spacial score (nSPS) is 21.5. The van der Waals surface area contributed by atoms with E-state index in [1.54, 1.807) is 16.4 Å². The van der Waals surface area contributed by atoms with Crippen LogP contribution in [0.1, 0.15) is 37.7 Å². The predicted molar refractivity (Wildman–Crippen MR) is 95.1 cm³/mol. The van der Waals surface area contributed by atoms with Crippen LogP contribution in [-0.4, -0.2) is 25.8 Å². The van der Waals surface area contributed by atoms with E-state index in [1.807, 2.05) is 19.1 Å². The van der Waals surface area contributed by atoms with Gasteiger partial charge in [-0.3, -0.25) is 0 Å². The summed E-state index contributed by atoms with van der Waals surface area (Å²) in [5.41, 5.74) is 1.07. The molecule has 116 valence electrons. The summed E-state index contributed by atoms with van der Waals surface area (Å²) in [5, 5.41) is 0. The molecule has 2 rings (SSSR count). The second-order valence-corrected chi connectivity index (χ2v) is 8.83. The van der Waals surface area contributed by atoms with Gasteiger partial charge in [0.1, 0.15) is 0 Å². The molecule has 0 aromatic heterocycles. The largest absolute Gasteiger partial charge is 0.243 e. The highest BCUT2D eigenvalue weighted by atomic mass is 127. The molecule has 1 heterocycles. The van der Waals surface area contributed by atoms with Gasteiger partial charge in [-0.05, 0) is 60.9 Å². The van der Waals surface area contributed by atoms with Crippen LogP contribution < -0.4 is 0 Å². The van der Waals surface area contributed by atoms with Crippen molar-refractivity contribution in [1.82, 2.24) is 4.31 Å². The third-order valence-electron chi connectivity index (χ3n) is 3.71. The molecule has 0 N–H and O–H groups in total. The minimum atomic E-state index is -3.39. The molecule has 0 saturated carbocycles. The number of halogens is 1. The van der Waals surface area contributed by atoms with Crippen LogP contribution in [0.3, 0.4) is 0 Å². The van der Waals surface area contributed by atoms with Crippen molar-refractivity contribution in [2.75, 3.05) is 13.1 Å². The first kappa shape index (κ1) is 17.0. The Morgan fingerprint density at radius 3 is 2.43 bits per heavy atom. The maximum Gasteiger partial charge on any atom is 0.243 e. The van der Waals surface area contributed by atoms with Gasteiger partial charge in [0.2, 0.25) is 10.0 Å². The summed E-state index contributed by atoms with van der Waals surface area (Å²) in [5.74, 6) is 0. The minimum Gasteiger partial charge on any atom is -0.207 e. The van der Waals surface area contributed by atoms with Gasteiger partial charge in [-0.2, -0.15) is 4.31 Å². The molecule has 1 aromatic rings. The minimum absolute atomic E-state index is 0.398. The van der Waals surface area contributed by atoms with Gasteiger partial charge in [0.25, 0.3) is 0 Å². The fraction of sp³-hybridized carbons (Fsp3) is 0.500. The molecule has 0 bridgehead atoms. The number of hydrogen-bond acceptors (Lipinski definition) is 2. The number of allylic oxidation sites excluding steroid dienone is 1. The van der Waals surface area contributed by atoms with Crippen LogP contribution in [0, 0.1) is 6.92 Å². The Bertz CT molecular complexity index is 593. The molecule has 1 aromatic carbocycles. The van der Waals surface area contributed by atoms with E-state index in [4.69, 9.17) is 0 Å². The first-order chi connectivity index (χ1) is 10.00. The molecular weight excluding hydrogens is 397 g/mol. The monoisotopic (exact) mass is 419 g/mol. The van der Waals surface area contributed by atoms with Crippen LogP contribution in [0.25, 0.3) is 0 Å². The molecule has 0 saturated heterocycles. The molecule has 3 nitrogen and oxygen atoms in total. The van der Waals surface area contributed by atoms with Gasteiger partial charge in [0.05, 0.1) is 4.90 Å². The van der Waals surface area contributed by atoms with Crippen molar-refractivity contribution in [2.24, 2.45) is 0 Å². The van der Waals surface area contributed by atoms with Crippen molar-refractivity contribution in [1.29, 1.82) is 0 Å². The first-order valence-corrected chi connectivity index (χ1v) is 9.93. The molecule has 0 spiro atoms. The summed E-state index contributed by atoms with van der Waals surface area (Å²) < 4.78 is 28.3. The quantitative estimate of drug-likeness (QED) is 0.672. The lowest BCUT2D eigenvalue weighted by Gasteiger charge is -2.23. The van der Waals surface area contributed by atoms with Crippen molar-refractivity contribution >= 4 is 32.6 Å². The smallest absolute Gasteiger partial charge is 0.207 e. The first-order valence-electron chi connectivity index (χ1n) is 7.41. The molecule has 1 aliphatic rings. The van der Waals surface area contributed by atoms with Crippen molar-refractivity contribution in [3.8, 4) is 0 Å². The molecule has 0 fully saturated rings. The van der Waals surface area contributed by atoms with E-state index in [1.165, 1.54) is 12.8 Å². The van der Waals surface area contributed by atoms with E-state index in [0.29, 0.717) is 18.0 Å². The summed E-state index contributed by atoms with van der Waals surface area (Å²) in [6.45, 7) is 3.07. The van der Waals surface area contributed by atoms with Crippen molar-refractivity contribution in [2.45, 2.75) is 43.9 Å². The van der Waals surface area contributed by atoms with E-state index < -0.39 is 10.0 Å². The molecule has 5 heteroatoms. The van der Waals surface area contributed by atoms with Gasteiger partial charge in [-0.15, -0.1) is 0 Å². The zero-order chi connectivity index (χ0) is 15.3. The molecule has 1 aliphatic heterocycles. The average Bonchev–Trinajstić information content (AvgIpc) is 2.46. The van der Waals surface area contributed by atoms with Gasteiger partial charge < -0.3 is 0 Å². The Labute approximate surface area is 141 Å². The number of sulfonamides is 1. The Morgan fingerprint density at radius 2 is 1.71 bits per heavy atom. The second kappa shape index (κ2) is 7.74. The van der Waals surface area contributed by atoms with Crippen LogP contribution in [0.5, 0.6) is 0 Å². The van der Waals surface area contributed by atoms with Crippen molar-refractivity contribution in [3.63, 3.8) is 0 Å². The van der Waals surface area contributed by atoms with E-state index in [9.17, 15) is 8.42 Å². The zero-order valence-corrected chi connectivity index (χ0v) is 15.4. The number of benzene rings is 1. The highest BCUT2D eigenvalue weighted by Gasteiger charge is 2.24. The van der Waals surface area contributed by atoms with Crippen molar-refractivity contribution in [3.05, 3.63) is 39.5 Å². The van der Waals surface area contributed by atoms with Gasteiger partial charge in [-0.1, -0.05) is 36.6 Å². The van der Waals surface area contributed by atoms with Crippen molar-refractivity contribution < 1.29 is 8.42 Å². The third-order valence-corrected chi connectivity index (χ3v) is 6.35. The summed E-state index contributed by atoms with van der Waals surface area (Å²) >= 11 is 2.26. The third kappa shape index (κ3) is 4.79. The number of hydrogen-bond donors (Lipinski definition) is 0. The summed E-state index contributed by atoms with van der Waals surface area (Å²) in [7, 11) is -3.39. The zero-order valence-electron chi connectivity index (χ0n) is 12.4. The SMILES string of the molecule is Cc1ccc(S(=O)(=O)N2CCCCCC/C=C(\I)C2)cc1. The fourth-order valence-corrected chi connectivity index (χ4v) is 4.83. The van der Waals surface area contributed by atoms with E-state index in [0.717, 1.165) is 28.4 Å². The lowest BCUT2D eigenvalue weighted by atomic mass is 10.1. The highest BCUT2D eigenvalue weighted by molar-refractivity contribution is 14.1. The van der Waals surface area contributed by atoms with Crippen LogP contribution >= 0.6 is 22.6 Å². The maximum absolute atomic E-state index is 12.8. The van der Waals surface area contributed by atoms with Crippen LogP contribution in [0.15, 0.2) is 38.8 Å². The van der Waals surface area contributed by atoms with Crippen LogP contribution in [0.2, 0.25) is 0 Å². The molecule has 0 unspecified atom stereocenters. The summed E-state index contributed by atoms with van der Waals surface area (Å²) in [4.78, 5) is 0.398. The Hall–Kier alpha value is -0.400. The fourth-order valence-electron chi connectivity index (χ4n) is 2.42. The van der Waals surface area contributed by atoms with Crippen LogP contribution in [-0.2, 0) is 10.0 Å². The molecule has 0 amide bonds.